The van der Waals surface area contributed by atoms with E-state index < -0.39 is 35.4 Å². The molecule has 1 fully saturated rings. The molecule has 8 heteroatoms. The molecule has 9 rings (SSSR count). The minimum atomic E-state index is -1.09. The third kappa shape index (κ3) is 7.36. The Bertz CT molecular complexity index is 2210. The van der Waals surface area contributed by atoms with E-state index in [9.17, 15) is 14.4 Å². The van der Waals surface area contributed by atoms with E-state index >= 15 is 0 Å². The van der Waals surface area contributed by atoms with E-state index in [1.807, 2.05) is 39.0 Å². The first-order valence-electron chi connectivity index (χ1n) is 20.3. The fourth-order valence-corrected chi connectivity index (χ4v) is 9.66. The fraction of sp³-hybridized carbons (Fsp3) is 0.438. The van der Waals surface area contributed by atoms with Crippen LogP contribution in [0.25, 0.3) is 11.0 Å². The molecule has 0 amide bonds. The van der Waals surface area contributed by atoms with Crippen molar-refractivity contribution in [2.24, 2.45) is 11.8 Å². The van der Waals surface area contributed by atoms with E-state index in [0.717, 1.165) is 48.8 Å². The molecule has 4 heterocycles. The Morgan fingerprint density at radius 1 is 0.875 bits per heavy atom. The third-order valence-electron chi connectivity index (χ3n) is 12.8. The summed E-state index contributed by atoms with van der Waals surface area (Å²) in [6, 6.07) is 24.5. The second-order valence-corrected chi connectivity index (χ2v) is 16.5. The molecule has 3 aliphatic heterocycles. The van der Waals surface area contributed by atoms with Crippen LogP contribution in [0.4, 0.5) is 0 Å². The highest BCUT2D eigenvalue weighted by molar-refractivity contribution is 5.90. The van der Waals surface area contributed by atoms with Crippen molar-refractivity contribution in [2.45, 2.75) is 108 Å². The highest BCUT2D eigenvalue weighted by atomic mass is 16.6. The maximum absolute atomic E-state index is 14.7. The molecule has 56 heavy (non-hydrogen) atoms. The number of carbonyl (C=O) groups is 2. The number of hydrogen-bond donors (Lipinski definition) is 0. The maximum atomic E-state index is 14.7. The number of hydrogen-bond acceptors (Lipinski definition) is 8. The molecule has 0 radical (unpaired) electrons. The normalized spacial score (nSPS) is 26.9. The molecular weight excluding hydrogens is 705 g/mol. The van der Waals surface area contributed by atoms with E-state index in [4.69, 9.17) is 23.4 Å². The number of rotatable bonds is 5. The van der Waals surface area contributed by atoms with Gasteiger partial charge in [0.2, 0.25) is 0 Å². The van der Waals surface area contributed by atoms with Crippen LogP contribution in [-0.2, 0) is 36.6 Å². The molecule has 5 aliphatic rings. The molecular formula is C48H52O8. The smallest absolute Gasteiger partial charge is 0.339 e. The van der Waals surface area contributed by atoms with Gasteiger partial charge in [-0.25, -0.2) is 9.59 Å². The second-order valence-electron chi connectivity index (χ2n) is 16.5. The zero-order valence-corrected chi connectivity index (χ0v) is 32.9. The van der Waals surface area contributed by atoms with Gasteiger partial charge in [-0.3, -0.25) is 4.79 Å². The molecule has 8 nitrogen and oxygen atoms in total. The average molecular weight is 757 g/mol. The summed E-state index contributed by atoms with van der Waals surface area (Å²) in [4.78, 5) is 42.7. The summed E-state index contributed by atoms with van der Waals surface area (Å²) < 4.78 is 31.8. The van der Waals surface area contributed by atoms with Gasteiger partial charge in [0.25, 0.3) is 0 Å². The second kappa shape index (κ2) is 15.9. The lowest BCUT2D eigenvalue weighted by Gasteiger charge is -2.48. The van der Waals surface area contributed by atoms with Gasteiger partial charge in [-0.2, -0.15) is 0 Å². The van der Waals surface area contributed by atoms with Gasteiger partial charge in [-0.15, -0.1) is 0 Å². The van der Waals surface area contributed by atoms with Crippen molar-refractivity contribution in [3.8, 4) is 5.75 Å². The quantitative estimate of drug-likeness (QED) is 0.0859. The molecule has 2 bridgehead atoms. The van der Waals surface area contributed by atoms with Crippen molar-refractivity contribution in [3.05, 3.63) is 134 Å². The zero-order chi connectivity index (χ0) is 39.0. The van der Waals surface area contributed by atoms with Crippen LogP contribution in [0.2, 0.25) is 0 Å². The average Bonchev–Trinajstić information content (AvgIpc) is 3.75. The molecule has 1 aromatic heterocycles. The van der Waals surface area contributed by atoms with Crippen molar-refractivity contribution >= 4 is 22.9 Å². The van der Waals surface area contributed by atoms with Crippen molar-refractivity contribution in [1.82, 2.24) is 0 Å². The summed E-state index contributed by atoms with van der Waals surface area (Å²) >= 11 is 0. The summed E-state index contributed by atoms with van der Waals surface area (Å²) in [6.45, 7) is 6.22. The molecule has 0 saturated heterocycles. The van der Waals surface area contributed by atoms with Crippen LogP contribution in [-0.4, -0.2) is 37.4 Å². The van der Waals surface area contributed by atoms with Crippen molar-refractivity contribution < 1.29 is 33.0 Å². The van der Waals surface area contributed by atoms with Crippen LogP contribution in [0.5, 0.6) is 5.75 Å². The first-order chi connectivity index (χ1) is 27.1. The number of esters is 2. The van der Waals surface area contributed by atoms with Crippen LogP contribution in [0.1, 0.15) is 111 Å². The van der Waals surface area contributed by atoms with Crippen LogP contribution in [0, 0.1) is 11.8 Å². The Balaban J connectivity index is 1.27. The number of ether oxygens (including phenoxy) is 4. The van der Waals surface area contributed by atoms with Gasteiger partial charge in [0.05, 0.1) is 12.2 Å². The van der Waals surface area contributed by atoms with Crippen LogP contribution in [0.15, 0.2) is 105 Å². The van der Waals surface area contributed by atoms with Crippen molar-refractivity contribution in [3.63, 3.8) is 0 Å². The molecule has 2 aliphatic carbocycles. The lowest BCUT2D eigenvalue weighted by Crippen LogP contribution is -2.58. The summed E-state index contributed by atoms with van der Waals surface area (Å²) in [5.41, 5.74) is 4.55. The van der Waals surface area contributed by atoms with Gasteiger partial charge < -0.3 is 23.4 Å². The van der Waals surface area contributed by atoms with Crippen LogP contribution >= 0.6 is 0 Å². The minimum absolute atomic E-state index is 0.00142. The zero-order valence-electron chi connectivity index (χ0n) is 32.9. The molecule has 292 valence electrons. The topological polar surface area (TPSA) is 101 Å². The summed E-state index contributed by atoms with van der Waals surface area (Å²) in [6.07, 6.45) is 8.68. The highest BCUT2D eigenvalue weighted by Gasteiger charge is 2.57. The molecule has 1 saturated carbocycles. The number of benzene rings is 3. The molecule has 4 aromatic rings. The van der Waals surface area contributed by atoms with E-state index in [-0.39, 0.29) is 35.7 Å². The first kappa shape index (κ1) is 37.9. The highest BCUT2D eigenvalue weighted by Crippen LogP contribution is 2.52. The van der Waals surface area contributed by atoms with Gasteiger partial charge in [0.1, 0.15) is 16.9 Å². The summed E-state index contributed by atoms with van der Waals surface area (Å²) in [5, 5.41) is 0.659. The Labute approximate surface area is 328 Å². The van der Waals surface area contributed by atoms with Gasteiger partial charge in [0.15, 0.2) is 12.2 Å². The van der Waals surface area contributed by atoms with Crippen LogP contribution in [0.3, 0.4) is 0 Å². The predicted octanol–water partition coefficient (Wildman–Crippen LogP) is 9.64. The third-order valence-corrected chi connectivity index (χ3v) is 12.8. The van der Waals surface area contributed by atoms with Crippen molar-refractivity contribution in [2.75, 3.05) is 13.7 Å². The Hall–Kier alpha value is -4.95. The maximum Gasteiger partial charge on any atom is 0.339 e. The Morgan fingerprint density at radius 3 is 2.38 bits per heavy atom. The monoisotopic (exact) mass is 756 g/mol. The van der Waals surface area contributed by atoms with Gasteiger partial charge >= 0.3 is 17.6 Å². The standard InChI is InChI=1S/C48H52O8/c1-29(2)38-21-16-30-14-17-32(18-15-30)39-22-19-33(31-10-6-5-7-11-31)26-36(39)28-41(49)53-44-42-40(23-20-34-27-35(24-25-52-4)46(50)54-43(34)42)56-48(3,37-12-8-9-13-37)45(44)55-47(38)51/h5-7,10-11,14-15,17-20,22-23,27,33,36-37,39,44-45H,8-9,12-13,16,21,24-26,28H2,1-4H3/t33-,36+,39+,44-,45+,48+/m1/s1. The number of methoxy groups -OCH3 is 1. The molecule has 3 aromatic carbocycles. The number of aryl methyl sites for hydroxylation is 1. The Kier molecular flexibility index (Phi) is 10.8. The fourth-order valence-electron chi connectivity index (χ4n) is 9.66. The van der Waals surface area contributed by atoms with E-state index in [1.165, 1.54) is 5.56 Å². The van der Waals surface area contributed by atoms with Gasteiger partial charge in [0, 0.05) is 54.2 Å². The molecule has 0 N–H and O–H groups in total. The number of allylic oxidation sites excluding steroid dienone is 3. The molecule has 0 unspecified atom stereocenters. The van der Waals surface area contributed by atoms with E-state index in [1.54, 1.807) is 13.2 Å². The van der Waals surface area contributed by atoms with Gasteiger partial charge in [-0.1, -0.05) is 85.2 Å². The molecule has 0 spiro atoms. The van der Waals surface area contributed by atoms with Gasteiger partial charge in [-0.05, 0) is 93.7 Å². The summed E-state index contributed by atoms with van der Waals surface area (Å²) in [7, 11) is 1.59. The van der Waals surface area contributed by atoms with E-state index in [0.29, 0.717) is 53.7 Å². The van der Waals surface area contributed by atoms with Crippen molar-refractivity contribution in [1.29, 1.82) is 0 Å². The molecule has 6 atom stereocenters. The van der Waals surface area contributed by atoms with E-state index in [2.05, 4.69) is 60.7 Å². The van der Waals surface area contributed by atoms with Crippen LogP contribution < -0.4 is 10.4 Å². The summed E-state index contributed by atoms with van der Waals surface area (Å²) in [5.74, 6) is -0.285. The predicted molar refractivity (Wildman–Crippen MR) is 215 cm³/mol. The number of carbonyl (C=O) groups excluding carboxylic acids is 2. The number of fused-ring (bicyclic) bond motifs is 11. The lowest BCUT2D eigenvalue weighted by molar-refractivity contribution is -0.199. The SMILES string of the molecule is COCCc1cc2ccc3c(c2oc1=O)[C@H]1OC(=O)C[C@@H]2C[C@H](c4ccccc4)C=C[C@H]2c2ccc(cc2)CCC(=C(C)C)C(=O)O[C@@H]1[C@](C)(C1CCCC1)O3. The lowest BCUT2D eigenvalue weighted by atomic mass is 9.72. The Morgan fingerprint density at radius 2 is 1.64 bits per heavy atom. The minimum Gasteiger partial charge on any atom is -0.483 e. The first-order valence-corrected chi connectivity index (χ1v) is 20.3. The largest absolute Gasteiger partial charge is 0.483 e.